The summed E-state index contributed by atoms with van der Waals surface area (Å²) in [6.07, 6.45) is 0. The number of halogens is 5. The normalized spacial score (nSPS) is 10.4. The monoisotopic (exact) mass is 422 g/mol. The Bertz CT molecular complexity index is 311. The summed E-state index contributed by atoms with van der Waals surface area (Å²) in [5, 5.41) is 0. The molecule has 0 bridgehead atoms. The molecule has 0 saturated heterocycles. The second-order valence-electron chi connectivity index (χ2n) is 2.08. The summed E-state index contributed by atoms with van der Waals surface area (Å²) in [5.74, 6) is 0. The highest BCUT2D eigenvalue weighted by Gasteiger charge is 2.11. The Morgan fingerprint density at radius 1 is 1.00 bits per heavy atom. The van der Waals surface area contributed by atoms with Crippen LogP contribution in [0.3, 0.4) is 0 Å². The van der Waals surface area contributed by atoms with Crippen molar-refractivity contribution in [3.8, 4) is 0 Å². The molecule has 5 heteroatoms. The first-order valence-corrected chi connectivity index (χ1v) is 6.13. The van der Waals surface area contributed by atoms with Gasteiger partial charge in [-0.1, -0.05) is 15.9 Å². The first-order valence-electron chi connectivity index (χ1n) is 2.95. The van der Waals surface area contributed by atoms with Gasteiger partial charge in [0, 0.05) is 23.5 Å². The van der Waals surface area contributed by atoms with Crippen molar-refractivity contribution in [3.05, 3.63) is 29.5 Å². The van der Waals surface area contributed by atoms with Gasteiger partial charge in [0.25, 0.3) is 0 Å². The fourth-order valence-electron chi connectivity index (χ4n) is 0.726. The first-order chi connectivity index (χ1) is 5.57. The maximum absolute atomic E-state index is 12.5. The van der Waals surface area contributed by atoms with Crippen LogP contribution in [0.4, 0.5) is 4.39 Å². The summed E-state index contributed by atoms with van der Waals surface area (Å²) in [7, 11) is 0. The van der Waals surface area contributed by atoms with Crippen LogP contribution in [0.5, 0.6) is 0 Å². The minimum Gasteiger partial charge on any atom is -0.246 e. The van der Waals surface area contributed by atoms with Gasteiger partial charge in [0.15, 0.2) is 0 Å². The molecule has 0 radical (unpaired) electrons. The van der Waals surface area contributed by atoms with E-state index in [2.05, 4.69) is 63.7 Å². The maximum atomic E-state index is 12.5. The van der Waals surface area contributed by atoms with Gasteiger partial charge in [0.2, 0.25) is 0 Å². The standard InChI is InChI=1S/C7H3Br4F/c8-4-1-5(9)7(11)6(10)3(4)2-12/h1H,2H2. The summed E-state index contributed by atoms with van der Waals surface area (Å²) >= 11 is 13.2. The van der Waals surface area contributed by atoms with Crippen LogP contribution < -0.4 is 0 Å². The fraction of sp³-hybridized carbons (Fsp3) is 0.143. The predicted molar refractivity (Wildman–Crippen MR) is 62.1 cm³/mol. The Morgan fingerprint density at radius 3 is 2.08 bits per heavy atom. The van der Waals surface area contributed by atoms with Gasteiger partial charge in [-0.15, -0.1) is 0 Å². The quantitative estimate of drug-likeness (QED) is 0.428. The van der Waals surface area contributed by atoms with Gasteiger partial charge in [-0.25, -0.2) is 4.39 Å². The van der Waals surface area contributed by atoms with Crippen LogP contribution in [-0.4, -0.2) is 0 Å². The molecule has 0 heterocycles. The second kappa shape index (κ2) is 4.53. The fourth-order valence-corrected chi connectivity index (χ4v) is 3.41. The number of rotatable bonds is 1. The molecule has 12 heavy (non-hydrogen) atoms. The van der Waals surface area contributed by atoms with E-state index in [-0.39, 0.29) is 0 Å². The van der Waals surface area contributed by atoms with E-state index in [1.54, 1.807) is 0 Å². The lowest BCUT2D eigenvalue weighted by molar-refractivity contribution is 0.482. The molecule has 0 fully saturated rings. The number of hydrogen-bond acceptors (Lipinski definition) is 0. The third kappa shape index (κ3) is 2.11. The van der Waals surface area contributed by atoms with Gasteiger partial charge in [0.05, 0.1) is 0 Å². The van der Waals surface area contributed by atoms with Crippen LogP contribution in [0.15, 0.2) is 24.0 Å². The summed E-state index contributed by atoms with van der Waals surface area (Å²) in [4.78, 5) is 0. The van der Waals surface area contributed by atoms with Gasteiger partial charge < -0.3 is 0 Å². The zero-order chi connectivity index (χ0) is 9.30. The molecule has 0 unspecified atom stereocenters. The number of hydrogen-bond donors (Lipinski definition) is 0. The van der Waals surface area contributed by atoms with Crippen molar-refractivity contribution < 1.29 is 4.39 Å². The van der Waals surface area contributed by atoms with E-state index < -0.39 is 6.67 Å². The molecule has 0 aliphatic carbocycles. The minimum atomic E-state index is -0.493. The van der Waals surface area contributed by atoms with E-state index in [1.807, 2.05) is 6.07 Å². The molecule has 0 atom stereocenters. The van der Waals surface area contributed by atoms with Crippen LogP contribution in [0, 0.1) is 0 Å². The van der Waals surface area contributed by atoms with Crippen LogP contribution in [-0.2, 0) is 6.67 Å². The smallest absolute Gasteiger partial charge is 0.117 e. The third-order valence-corrected chi connectivity index (χ3v) is 5.44. The SMILES string of the molecule is FCc1c(Br)cc(Br)c(Br)c1Br. The molecule has 0 nitrogen and oxygen atoms in total. The molecular weight excluding hydrogens is 423 g/mol. The highest BCUT2D eigenvalue weighted by molar-refractivity contribution is 9.14. The van der Waals surface area contributed by atoms with Crippen molar-refractivity contribution in [2.24, 2.45) is 0 Å². The van der Waals surface area contributed by atoms with Crippen LogP contribution in [0.1, 0.15) is 5.56 Å². The van der Waals surface area contributed by atoms with Crippen molar-refractivity contribution in [1.82, 2.24) is 0 Å². The molecule has 66 valence electrons. The molecule has 0 spiro atoms. The van der Waals surface area contributed by atoms with Gasteiger partial charge in [0.1, 0.15) is 6.67 Å². The Hall–Kier alpha value is 1.07. The number of alkyl halides is 1. The zero-order valence-corrected chi connectivity index (χ0v) is 12.0. The molecule has 0 saturated carbocycles. The number of benzene rings is 1. The van der Waals surface area contributed by atoms with E-state index in [9.17, 15) is 4.39 Å². The Labute approximate surface area is 103 Å². The van der Waals surface area contributed by atoms with Crippen LogP contribution in [0.25, 0.3) is 0 Å². The van der Waals surface area contributed by atoms with Crippen molar-refractivity contribution in [2.75, 3.05) is 0 Å². The van der Waals surface area contributed by atoms with E-state index in [0.717, 1.165) is 17.9 Å². The van der Waals surface area contributed by atoms with Gasteiger partial charge in [-0.3, -0.25) is 0 Å². The summed E-state index contributed by atoms with van der Waals surface area (Å²) < 4.78 is 15.7. The zero-order valence-electron chi connectivity index (χ0n) is 5.67. The summed E-state index contributed by atoms with van der Waals surface area (Å²) in [6.45, 7) is -0.493. The molecule has 0 amide bonds. The molecule has 1 rings (SSSR count). The van der Waals surface area contributed by atoms with Gasteiger partial charge >= 0.3 is 0 Å². The average Bonchev–Trinajstić information content (AvgIpc) is 2.01. The average molecular weight is 426 g/mol. The van der Waals surface area contributed by atoms with Crippen LogP contribution >= 0.6 is 63.7 Å². The molecule has 0 aliphatic rings. The van der Waals surface area contributed by atoms with Crippen LogP contribution in [0.2, 0.25) is 0 Å². The molecule has 1 aromatic carbocycles. The highest BCUT2D eigenvalue weighted by Crippen LogP contribution is 2.38. The predicted octanol–water partition coefficient (Wildman–Crippen LogP) is 5.21. The van der Waals surface area contributed by atoms with Crippen molar-refractivity contribution in [1.29, 1.82) is 0 Å². The molecule has 0 N–H and O–H groups in total. The Balaban J connectivity index is 3.40. The largest absolute Gasteiger partial charge is 0.246 e. The first kappa shape index (κ1) is 11.1. The van der Waals surface area contributed by atoms with Gasteiger partial charge in [-0.05, 0) is 53.9 Å². The Kier molecular flexibility index (Phi) is 4.21. The third-order valence-electron chi connectivity index (χ3n) is 1.34. The van der Waals surface area contributed by atoms with Crippen molar-refractivity contribution in [2.45, 2.75) is 6.67 Å². The molecule has 0 aromatic heterocycles. The lowest BCUT2D eigenvalue weighted by Gasteiger charge is -2.06. The highest BCUT2D eigenvalue weighted by atomic mass is 79.9. The van der Waals surface area contributed by atoms with Crippen molar-refractivity contribution in [3.63, 3.8) is 0 Å². The topological polar surface area (TPSA) is 0 Å². The molecule has 1 aromatic rings. The summed E-state index contributed by atoms with van der Waals surface area (Å²) in [6, 6.07) is 1.81. The molecule has 0 aliphatic heterocycles. The lowest BCUT2D eigenvalue weighted by Crippen LogP contribution is -1.86. The summed E-state index contributed by atoms with van der Waals surface area (Å²) in [5.41, 5.74) is 0.616. The van der Waals surface area contributed by atoms with Gasteiger partial charge in [-0.2, -0.15) is 0 Å². The second-order valence-corrected chi connectivity index (χ2v) is 5.38. The van der Waals surface area contributed by atoms with E-state index >= 15 is 0 Å². The Morgan fingerprint density at radius 2 is 1.58 bits per heavy atom. The minimum absolute atomic E-state index is 0.493. The molecular formula is C7H3Br4F. The maximum Gasteiger partial charge on any atom is 0.117 e. The lowest BCUT2D eigenvalue weighted by atomic mass is 10.2. The van der Waals surface area contributed by atoms with Crippen molar-refractivity contribution >= 4 is 63.7 Å². The van der Waals surface area contributed by atoms with E-state index in [4.69, 9.17) is 0 Å². The van der Waals surface area contributed by atoms with E-state index in [1.165, 1.54) is 0 Å². The van der Waals surface area contributed by atoms with E-state index in [0.29, 0.717) is 5.56 Å².